The zero-order valence-electron chi connectivity index (χ0n) is 17.8. The van der Waals surface area contributed by atoms with E-state index in [1.165, 1.54) is 41.6 Å². The van der Waals surface area contributed by atoms with Crippen molar-refractivity contribution in [1.82, 2.24) is 4.31 Å². The van der Waals surface area contributed by atoms with Crippen LogP contribution in [-0.4, -0.2) is 52.0 Å². The largest absolute Gasteiger partial charge is 0.465 e. The van der Waals surface area contributed by atoms with Crippen LogP contribution in [0.4, 0.5) is 5.69 Å². The molecular weight excluding hydrogens is 420 g/mol. The number of ether oxygens (including phenoxy) is 2. The summed E-state index contributed by atoms with van der Waals surface area (Å²) >= 11 is 0. The molecule has 0 N–H and O–H groups in total. The van der Waals surface area contributed by atoms with Crippen LogP contribution in [0.3, 0.4) is 0 Å². The quantitative estimate of drug-likeness (QED) is 0.642. The van der Waals surface area contributed by atoms with Crippen molar-refractivity contribution in [1.29, 1.82) is 0 Å². The number of allylic oxidation sites excluding steroid dienone is 2. The fourth-order valence-electron chi connectivity index (χ4n) is 3.66. The smallest absolute Gasteiger partial charge is 0.355 e. The van der Waals surface area contributed by atoms with Gasteiger partial charge in [-0.25, -0.2) is 18.0 Å². The summed E-state index contributed by atoms with van der Waals surface area (Å²) in [4.78, 5) is 26.4. The maximum Gasteiger partial charge on any atom is 0.355 e. The highest BCUT2D eigenvalue weighted by molar-refractivity contribution is 7.89. The number of sulfonamides is 1. The lowest BCUT2D eigenvalue weighted by Gasteiger charge is -2.30. The first-order chi connectivity index (χ1) is 14.8. The molecule has 1 fully saturated rings. The van der Waals surface area contributed by atoms with Crippen LogP contribution in [0.5, 0.6) is 0 Å². The summed E-state index contributed by atoms with van der Waals surface area (Å²) < 4.78 is 37.2. The molecule has 1 aromatic carbocycles. The molecule has 166 valence electrons. The van der Waals surface area contributed by atoms with Crippen LogP contribution < -0.4 is 4.90 Å². The highest BCUT2D eigenvalue weighted by atomic mass is 32.2. The fraction of sp³-hybridized carbons (Fsp3) is 0.364. The zero-order valence-corrected chi connectivity index (χ0v) is 18.6. The number of esters is 2. The fourth-order valence-corrected chi connectivity index (χ4v) is 5.26. The molecule has 2 aliphatic rings. The van der Waals surface area contributed by atoms with Crippen molar-refractivity contribution in [3.05, 3.63) is 60.0 Å². The molecule has 0 aliphatic carbocycles. The number of carbonyl (C=O) groups is 2. The standard InChI is InChI=1S/C22H26N2O6S/c1-16-7-6-13-23(15-16)31(27,28)18-11-9-17(10-12-18)24-14-5-4-8-19(21(25)29-2)20(24)22(26)30-3/h4-5,8-12,14,16H,6-7,13,15H2,1-3H3. The van der Waals surface area contributed by atoms with E-state index in [0.29, 0.717) is 24.7 Å². The molecule has 0 bridgehead atoms. The van der Waals surface area contributed by atoms with Gasteiger partial charge in [-0.1, -0.05) is 13.0 Å². The summed E-state index contributed by atoms with van der Waals surface area (Å²) in [6, 6.07) is 6.19. The van der Waals surface area contributed by atoms with E-state index >= 15 is 0 Å². The molecule has 3 rings (SSSR count). The summed E-state index contributed by atoms with van der Waals surface area (Å²) in [7, 11) is -1.16. The van der Waals surface area contributed by atoms with Crippen molar-refractivity contribution in [2.45, 2.75) is 24.7 Å². The molecule has 0 spiro atoms. The number of hydrogen-bond acceptors (Lipinski definition) is 7. The molecule has 1 atom stereocenters. The Labute approximate surface area is 182 Å². The van der Waals surface area contributed by atoms with Gasteiger partial charge in [-0.3, -0.25) is 0 Å². The van der Waals surface area contributed by atoms with Crippen molar-refractivity contribution >= 4 is 27.6 Å². The van der Waals surface area contributed by atoms with Gasteiger partial charge in [-0.2, -0.15) is 4.31 Å². The summed E-state index contributed by atoms with van der Waals surface area (Å²) in [6.45, 7) is 3.05. The number of benzene rings is 1. The lowest BCUT2D eigenvalue weighted by molar-refractivity contribution is -0.139. The maximum absolute atomic E-state index is 13.0. The first kappa shape index (κ1) is 22.8. The van der Waals surface area contributed by atoms with Crippen LogP contribution in [-0.2, 0) is 29.1 Å². The van der Waals surface area contributed by atoms with Crippen LogP contribution in [0.1, 0.15) is 19.8 Å². The van der Waals surface area contributed by atoms with Crippen molar-refractivity contribution in [3.63, 3.8) is 0 Å². The minimum absolute atomic E-state index is 0.0263. The summed E-state index contributed by atoms with van der Waals surface area (Å²) in [5, 5.41) is 0. The van der Waals surface area contributed by atoms with Gasteiger partial charge in [0.1, 0.15) is 5.70 Å². The van der Waals surface area contributed by atoms with Crippen molar-refractivity contribution in [3.8, 4) is 0 Å². The monoisotopic (exact) mass is 446 g/mol. The Kier molecular flexibility index (Phi) is 6.97. The number of carbonyl (C=O) groups excluding carboxylic acids is 2. The average Bonchev–Trinajstić information content (AvgIpc) is 3.01. The number of nitrogens with zero attached hydrogens (tertiary/aromatic N) is 2. The first-order valence-corrected chi connectivity index (χ1v) is 11.4. The molecule has 1 saturated heterocycles. The number of methoxy groups -OCH3 is 2. The molecule has 8 nitrogen and oxygen atoms in total. The van der Waals surface area contributed by atoms with Crippen molar-refractivity contribution in [2.75, 3.05) is 32.2 Å². The molecule has 31 heavy (non-hydrogen) atoms. The highest BCUT2D eigenvalue weighted by Crippen LogP contribution is 2.29. The van der Waals surface area contributed by atoms with E-state index in [1.807, 2.05) is 6.92 Å². The zero-order chi connectivity index (χ0) is 22.6. The molecule has 0 radical (unpaired) electrons. The third kappa shape index (κ3) is 4.72. The molecule has 2 aliphatic heterocycles. The molecule has 0 saturated carbocycles. The second-order valence-electron chi connectivity index (χ2n) is 7.42. The van der Waals surface area contributed by atoms with E-state index in [0.717, 1.165) is 12.8 Å². The van der Waals surface area contributed by atoms with Gasteiger partial charge in [0.2, 0.25) is 10.0 Å². The summed E-state index contributed by atoms with van der Waals surface area (Å²) in [5.41, 5.74) is 0.492. The topological polar surface area (TPSA) is 93.2 Å². The van der Waals surface area contributed by atoms with Crippen LogP contribution >= 0.6 is 0 Å². The van der Waals surface area contributed by atoms with Gasteiger partial charge in [-0.05, 0) is 55.2 Å². The van der Waals surface area contributed by atoms with Crippen LogP contribution in [0.25, 0.3) is 0 Å². The molecule has 0 amide bonds. The van der Waals surface area contributed by atoms with E-state index in [1.54, 1.807) is 30.5 Å². The third-order valence-electron chi connectivity index (χ3n) is 5.26. The number of anilines is 1. The minimum Gasteiger partial charge on any atom is -0.465 e. The molecule has 0 aromatic heterocycles. The predicted molar refractivity (Wildman–Crippen MR) is 115 cm³/mol. The van der Waals surface area contributed by atoms with Crippen molar-refractivity contribution < 1.29 is 27.5 Å². The Morgan fingerprint density at radius 3 is 2.32 bits per heavy atom. The summed E-state index contributed by atoms with van der Waals surface area (Å²) in [6.07, 6.45) is 8.17. The molecule has 1 aromatic rings. The molecule has 2 heterocycles. The second-order valence-corrected chi connectivity index (χ2v) is 9.36. The Morgan fingerprint density at radius 1 is 1.03 bits per heavy atom. The summed E-state index contributed by atoms with van der Waals surface area (Å²) in [5.74, 6) is -1.10. The number of rotatable bonds is 5. The number of piperidine rings is 1. The third-order valence-corrected chi connectivity index (χ3v) is 7.14. The van der Waals surface area contributed by atoms with Gasteiger partial charge < -0.3 is 14.4 Å². The molecule has 9 heteroatoms. The maximum atomic E-state index is 13.0. The van der Waals surface area contributed by atoms with E-state index in [2.05, 4.69) is 0 Å². The normalized spacial score (nSPS) is 19.8. The SMILES string of the molecule is COC(=O)C1=C(C(=O)OC)N(c2ccc(S(=O)(=O)N3CCCC(C)C3)cc2)C=CC=C1. The Morgan fingerprint density at radius 2 is 1.71 bits per heavy atom. The second kappa shape index (κ2) is 9.49. The van der Waals surface area contributed by atoms with E-state index in [-0.39, 0.29) is 16.2 Å². The Balaban J connectivity index is 1.98. The van der Waals surface area contributed by atoms with Gasteiger partial charge in [0.15, 0.2) is 0 Å². The van der Waals surface area contributed by atoms with Crippen molar-refractivity contribution in [2.24, 2.45) is 5.92 Å². The average molecular weight is 447 g/mol. The van der Waals surface area contributed by atoms with Crippen LogP contribution in [0.15, 0.2) is 64.9 Å². The minimum atomic E-state index is -3.61. The van der Waals surface area contributed by atoms with Crippen LogP contribution in [0, 0.1) is 5.92 Å². The first-order valence-electron chi connectivity index (χ1n) is 9.94. The lowest BCUT2D eigenvalue weighted by Crippen LogP contribution is -2.39. The van der Waals surface area contributed by atoms with E-state index < -0.39 is 22.0 Å². The Bertz CT molecular complexity index is 1040. The van der Waals surface area contributed by atoms with E-state index in [9.17, 15) is 18.0 Å². The highest BCUT2D eigenvalue weighted by Gasteiger charge is 2.30. The van der Waals surface area contributed by atoms with Crippen LogP contribution in [0.2, 0.25) is 0 Å². The van der Waals surface area contributed by atoms with Gasteiger partial charge in [-0.15, -0.1) is 0 Å². The van der Waals surface area contributed by atoms with Gasteiger partial charge in [0.25, 0.3) is 0 Å². The van der Waals surface area contributed by atoms with E-state index in [4.69, 9.17) is 9.47 Å². The predicted octanol–water partition coefficient (Wildman–Crippen LogP) is 2.60. The molecule has 1 unspecified atom stereocenters. The molecular formula is C22H26N2O6S. The Hall–Kier alpha value is -2.91. The van der Waals surface area contributed by atoms with Gasteiger partial charge in [0.05, 0.1) is 24.7 Å². The van der Waals surface area contributed by atoms with Gasteiger partial charge >= 0.3 is 11.9 Å². The lowest BCUT2D eigenvalue weighted by atomic mass is 10.0. The van der Waals surface area contributed by atoms with Gasteiger partial charge in [0, 0.05) is 25.0 Å². The number of hydrogen-bond donors (Lipinski definition) is 0.